The zero-order chi connectivity index (χ0) is 13.0. The third kappa shape index (κ3) is 3.27. The van der Waals surface area contributed by atoms with Crippen molar-refractivity contribution in [2.45, 2.75) is 6.04 Å². The molecule has 1 aliphatic heterocycles. The van der Waals surface area contributed by atoms with Crippen molar-refractivity contribution >= 4 is 5.91 Å². The van der Waals surface area contributed by atoms with Crippen LogP contribution in [-0.2, 0) is 0 Å². The largest absolute Gasteiger partial charge is 0.350 e. The van der Waals surface area contributed by atoms with Gasteiger partial charge in [0.05, 0.1) is 0 Å². The van der Waals surface area contributed by atoms with Crippen LogP contribution in [0.5, 0.6) is 0 Å². The molecule has 4 nitrogen and oxygen atoms in total. The van der Waals surface area contributed by atoms with E-state index in [9.17, 15) is 9.18 Å². The summed E-state index contributed by atoms with van der Waals surface area (Å²) < 4.78 is 13.0. The third-order valence-corrected chi connectivity index (χ3v) is 3.23. The first-order chi connectivity index (χ1) is 8.66. The minimum atomic E-state index is -0.390. The van der Waals surface area contributed by atoms with Crippen molar-refractivity contribution < 1.29 is 9.18 Å². The Bertz CT molecular complexity index is 424. The number of piperazine rings is 1. The quantitative estimate of drug-likeness (QED) is 0.820. The number of amides is 1. The van der Waals surface area contributed by atoms with Crippen LogP contribution in [0.2, 0.25) is 0 Å². The van der Waals surface area contributed by atoms with Crippen molar-refractivity contribution in [3.8, 4) is 0 Å². The van der Waals surface area contributed by atoms with Crippen molar-refractivity contribution in [3.05, 3.63) is 35.6 Å². The zero-order valence-electron chi connectivity index (χ0n) is 10.4. The number of carbonyl (C=O) groups is 1. The van der Waals surface area contributed by atoms with Crippen molar-refractivity contribution in [2.24, 2.45) is 0 Å². The molecule has 18 heavy (non-hydrogen) atoms. The Morgan fingerprint density at radius 2 is 2.44 bits per heavy atom. The van der Waals surface area contributed by atoms with Gasteiger partial charge in [0.1, 0.15) is 5.82 Å². The molecule has 1 saturated heterocycles. The van der Waals surface area contributed by atoms with Crippen LogP contribution in [0.15, 0.2) is 24.3 Å². The smallest absolute Gasteiger partial charge is 0.251 e. The lowest BCUT2D eigenvalue weighted by molar-refractivity contribution is 0.0932. The van der Waals surface area contributed by atoms with Crippen LogP contribution in [0.3, 0.4) is 0 Å². The molecule has 1 aliphatic rings. The van der Waals surface area contributed by atoms with Gasteiger partial charge in [0.25, 0.3) is 5.91 Å². The van der Waals surface area contributed by atoms with Crippen LogP contribution >= 0.6 is 0 Å². The van der Waals surface area contributed by atoms with Crippen LogP contribution in [0.4, 0.5) is 4.39 Å². The van der Waals surface area contributed by atoms with E-state index >= 15 is 0 Å². The van der Waals surface area contributed by atoms with Crippen molar-refractivity contribution in [1.29, 1.82) is 0 Å². The first kappa shape index (κ1) is 13.0. The van der Waals surface area contributed by atoms with Gasteiger partial charge in [-0.05, 0) is 25.2 Å². The van der Waals surface area contributed by atoms with Gasteiger partial charge in [-0.3, -0.25) is 9.69 Å². The number of rotatable bonds is 3. The molecule has 1 aromatic carbocycles. The lowest BCUT2D eigenvalue weighted by Crippen LogP contribution is -2.53. The fourth-order valence-corrected chi connectivity index (χ4v) is 2.03. The van der Waals surface area contributed by atoms with Crippen molar-refractivity contribution in [1.82, 2.24) is 15.5 Å². The zero-order valence-corrected chi connectivity index (χ0v) is 10.4. The summed E-state index contributed by atoms with van der Waals surface area (Å²) in [6.45, 7) is 3.38. The van der Waals surface area contributed by atoms with Gasteiger partial charge in [0, 0.05) is 37.8 Å². The molecule has 1 amide bonds. The Hall–Kier alpha value is -1.46. The second-order valence-corrected chi connectivity index (χ2v) is 4.56. The maximum atomic E-state index is 13.0. The van der Waals surface area contributed by atoms with Crippen LogP contribution in [0.1, 0.15) is 10.4 Å². The number of benzene rings is 1. The Kier molecular flexibility index (Phi) is 4.28. The van der Waals surface area contributed by atoms with E-state index in [4.69, 9.17) is 0 Å². The van der Waals surface area contributed by atoms with Crippen molar-refractivity contribution in [2.75, 3.05) is 33.2 Å². The molecular formula is C13H18FN3O. The number of nitrogens with one attached hydrogen (secondary N) is 2. The number of hydrogen-bond donors (Lipinski definition) is 2. The Morgan fingerprint density at radius 3 is 3.17 bits per heavy atom. The van der Waals surface area contributed by atoms with E-state index in [1.807, 2.05) is 7.05 Å². The van der Waals surface area contributed by atoms with Gasteiger partial charge in [-0.1, -0.05) is 6.07 Å². The predicted octanol–water partition coefficient (Wildman–Crippen LogP) is 0.459. The number of nitrogens with zero attached hydrogens (tertiary/aromatic N) is 1. The Balaban J connectivity index is 1.88. The summed E-state index contributed by atoms with van der Waals surface area (Å²) in [5.41, 5.74) is 0.362. The lowest BCUT2D eigenvalue weighted by Gasteiger charge is -2.33. The fraction of sp³-hybridized carbons (Fsp3) is 0.462. The standard InChI is InChI=1S/C13H18FN3O/c1-17-6-5-15-8-12(17)9-16-13(18)10-3-2-4-11(14)7-10/h2-4,7,12,15H,5-6,8-9H2,1H3,(H,16,18). The fourth-order valence-electron chi connectivity index (χ4n) is 2.03. The molecule has 0 spiro atoms. The molecule has 98 valence electrons. The monoisotopic (exact) mass is 251 g/mol. The van der Waals surface area contributed by atoms with Gasteiger partial charge < -0.3 is 10.6 Å². The van der Waals surface area contributed by atoms with Crippen LogP contribution in [-0.4, -0.2) is 50.1 Å². The predicted molar refractivity (Wildman–Crippen MR) is 68.0 cm³/mol. The van der Waals surface area contributed by atoms with E-state index in [-0.39, 0.29) is 17.8 Å². The van der Waals surface area contributed by atoms with E-state index in [1.165, 1.54) is 12.1 Å². The lowest BCUT2D eigenvalue weighted by atomic mass is 10.1. The summed E-state index contributed by atoms with van der Waals surface area (Å²) in [5, 5.41) is 6.12. The second kappa shape index (κ2) is 5.93. The average molecular weight is 251 g/mol. The molecule has 0 bridgehead atoms. The van der Waals surface area contributed by atoms with Gasteiger partial charge >= 0.3 is 0 Å². The summed E-state index contributed by atoms with van der Waals surface area (Å²) in [5.74, 6) is -0.618. The SMILES string of the molecule is CN1CCNCC1CNC(=O)c1cccc(F)c1. The number of likely N-dealkylation sites (N-methyl/N-ethyl adjacent to an activating group) is 1. The summed E-state index contributed by atoms with van der Waals surface area (Å²) in [7, 11) is 2.04. The Labute approximate surface area is 106 Å². The van der Waals surface area contributed by atoms with Crippen molar-refractivity contribution in [3.63, 3.8) is 0 Å². The van der Waals surface area contributed by atoms with Gasteiger partial charge in [-0.2, -0.15) is 0 Å². The highest BCUT2D eigenvalue weighted by Crippen LogP contribution is 2.04. The molecule has 1 heterocycles. The normalized spacial score (nSPS) is 20.7. The molecule has 0 saturated carbocycles. The molecule has 5 heteroatoms. The minimum absolute atomic E-state index is 0.228. The molecular weight excluding hydrogens is 233 g/mol. The topological polar surface area (TPSA) is 44.4 Å². The summed E-state index contributed by atoms with van der Waals surface area (Å²) in [4.78, 5) is 14.0. The number of hydrogen-bond acceptors (Lipinski definition) is 3. The molecule has 0 aliphatic carbocycles. The highest BCUT2D eigenvalue weighted by Gasteiger charge is 2.19. The molecule has 1 atom stereocenters. The maximum absolute atomic E-state index is 13.0. The molecule has 1 unspecified atom stereocenters. The van der Waals surface area contributed by atoms with Crippen LogP contribution < -0.4 is 10.6 Å². The summed E-state index contributed by atoms with van der Waals surface area (Å²) in [6, 6.07) is 6.02. The van der Waals surface area contributed by atoms with E-state index in [2.05, 4.69) is 15.5 Å². The highest BCUT2D eigenvalue weighted by atomic mass is 19.1. The summed E-state index contributed by atoms with van der Waals surface area (Å²) >= 11 is 0. The van der Waals surface area contributed by atoms with E-state index in [0.29, 0.717) is 12.1 Å². The first-order valence-electron chi connectivity index (χ1n) is 6.11. The first-order valence-corrected chi connectivity index (χ1v) is 6.11. The molecule has 2 N–H and O–H groups in total. The summed E-state index contributed by atoms with van der Waals surface area (Å²) in [6.07, 6.45) is 0. The molecule has 0 radical (unpaired) electrons. The Morgan fingerprint density at radius 1 is 1.61 bits per heavy atom. The molecule has 1 aromatic rings. The molecule has 2 rings (SSSR count). The number of carbonyl (C=O) groups excluding carboxylic acids is 1. The number of halogens is 1. The third-order valence-electron chi connectivity index (χ3n) is 3.23. The minimum Gasteiger partial charge on any atom is -0.350 e. The van der Waals surface area contributed by atoms with E-state index in [1.54, 1.807) is 12.1 Å². The van der Waals surface area contributed by atoms with Gasteiger partial charge in [0.15, 0.2) is 0 Å². The van der Waals surface area contributed by atoms with Crippen LogP contribution in [0.25, 0.3) is 0 Å². The molecule has 1 fully saturated rings. The van der Waals surface area contributed by atoms with Gasteiger partial charge in [-0.15, -0.1) is 0 Å². The van der Waals surface area contributed by atoms with Gasteiger partial charge in [0.2, 0.25) is 0 Å². The van der Waals surface area contributed by atoms with Crippen LogP contribution in [0, 0.1) is 5.82 Å². The van der Waals surface area contributed by atoms with E-state index in [0.717, 1.165) is 19.6 Å². The highest BCUT2D eigenvalue weighted by molar-refractivity contribution is 5.94. The average Bonchev–Trinajstić information content (AvgIpc) is 2.37. The maximum Gasteiger partial charge on any atom is 0.251 e. The molecule has 0 aromatic heterocycles. The van der Waals surface area contributed by atoms with Gasteiger partial charge in [-0.25, -0.2) is 4.39 Å². The second-order valence-electron chi connectivity index (χ2n) is 4.56. The van der Waals surface area contributed by atoms with E-state index < -0.39 is 0 Å².